The van der Waals surface area contributed by atoms with Crippen molar-refractivity contribution >= 4 is 23.5 Å². The second-order valence-corrected chi connectivity index (χ2v) is 6.53. The number of aromatic nitrogens is 1. The Balaban J connectivity index is 1.69. The highest BCUT2D eigenvalue weighted by Crippen LogP contribution is 2.21. The van der Waals surface area contributed by atoms with Crippen molar-refractivity contribution in [3.05, 3.63) is 53.7 Å². The minimum atomic E-state index is 0.138. The maximum Gasteiger partial charge on any atom is 0.254 e. The topological polar surface area (TPSA) is 36.4 Å². The Hall–Kier alpha value is -2.01. The molecule has 0 N–H and O–H groups in total. The lowest BCUT2D eigenvalue weighted by Crippen LogP contribution is -2.49. The fraction of sp³-hybridized carbons (Fsp3) is 0.333. The monoisotopic (exact) mass is 327 g/mol. The van der Waals surface area contributed by atoms with Crippen molar-refractivity contribution in [2.75, 3.05) is 37.3 Å². The molecule has 1 saturated heterocycles. The third kappa shape index (κ3) is 3.50. The van der Waals surface area contributed by atoms with Crippen LogP contribution in [0.15, 0.2) is 47.5 Å². The average Bonchev–Trinajstić information content (AvgIpc) is 2.62. The summed E-state index contributed by atoms with van der Waals surface area (Å²) < 4.78 is 0. The van der Waals surface area contributed by atoms with Crippen LogP contribution >= 0.6 is 11.8 Å². The van der Waals surface area contributed by atoms with Gasteiger partial charge in [-0.1, -0.05) is 12.1 Å². The van der Waals surface area contributed by atoms with Gasteiger partial charge in [-0.3, -0.25) is 4.79 Å². The lowest BCUT2D eigenvalue weighted by Gasteiger charge is -2.35. The van der Waals surface area contributed by atoms with E-state index in [0.717, 1.165) is 48.0 Å². The number of piperazine rings is 1. The van der Waals surface area contributed by atoms with Crippen molar-refractivity contribution in [1.29, 1.82) is 0 Å². The van der Waals surface area contributed by atoms with Gasteiger partial charge >= 0.3 is 0 Å². The summed E-state index contributed by atoms with van der Waals surface area (Å²) in [6.07, 6.45) is 3.84. The Labute approximate surface area is 141 Å². The second-order valence-electron chi connectivity index (χ2n) is 5.65. The van der Waals surface area contributed by atoms with E-state index >= 15 is 0 Å². The third-order valence-corrected chi connectivity index (χ3v) is 4.94. The smallest absolute Gasteiger partial charge is 0.254 e. The van der Waals surface area contributed by atoms with Gasteiger partial charge in [0, 0.05) is 42.8 Å². The molecule has 1 aliphatic rings. The van der Waals surface area contributed by atoms with E-state index < -0.39 is 0 Å². The Morgan fingerprint density at radius 1 is 1.13 bits per heavy atom. The normalized spacial score (nSPS) is 14.9. The fourth-order valence-electron chi connectivity index (χ4n) is 2.81. The molecule has 1 fully saturated rings. The van der Waals surface area contributed by atoms with E-state index in [-0.39, 0.29) is 5.91 Å². The van der Waals surface area contributed by atoms with Gasteiger partial charge in [-0.25, -0.2) is 4.98 Å². The summed E-state index contributed by atoms with van der Waals surface area (Å²) in [6.45, 7) is 5.12. The van der Waals surface area contributed by atoms with Gasteiger partial charge in [-0.05, 0) is 43.0 Å². The van der Waals surface area contributed by atoms with E-state index in [9.17, 15) is 4.79 Å². The molecule has 5 heteroatoms. The fourth-order valence-corrected chi connectivity index (χ4v) is 3.25. The highest BCUT2D eigenvalue weighted by Gasteiger charge is 2.23. The number of pyridine rings is 1. The third-order valence-electron chi connectivity index (χ3n) is 4.22. The summed E-state index contributed by atoms with van der Waals surface area (Å²) in [5.41, 5.74) is 1.86. The lowest BCUT2D eigenvalue weighted by atomic mass is 10.1. The van der Waals surface area contributed by atoms with Crippen LogP contribution in [0, 0.1) is 6.92 Å². The van der Waals surface area contributed by atoms with Crippen LogP contribution in [0.1, 0.15) is 15.9 Å². The summed E-state index contributed by atoms with van der Waals surface area (Å²) >= 11 is 1.67. The molecule has 2 heterocycles. The molecule has 1 aliphatic heterocycles. The molecular formula is C18H21N3OS. The average molecular weight is 327 g/mol. The van der Waals surface area contributed by atoms with E-state index in [1.165, 1.54) is 0 Å². The summed E-state index contributed by atoms with van der Waals surface area (Å²) in [7, 11) is 0. The molecule has 2 aromatic rings. The number of thioether (sulfide) groups is 1. The zero-order valence-corrected chi connectivity index (χ0v) is 14.3. The van der Waals surface area contributed by atoms with Gasteiger partial charge in [-0.15, -0.1) is 11.8 Å². The number of benzene rings is 1. The van der Waals surface area contributed by atoms with Gasteiger partial charge in [0.1, 0.15) is 5.82 Å². The first-order valence-corrected chi connectivity index (χ1v) is 9.01. The molecule has 0 saturated carbocycles. The van der Waals surface area contributed by atoms with Crippen LogP contribution in [0.25, 0.3) is 0 Å². The first-order chi connectivity index (χ1) is 11.2. The number of nitrogens with zero attached hydrogens (tertiary/aromatic N) is 3. The first kappa shape index (κ1) is 15.9. The molecule has 1 aromatic heterocycles. The van der Waals surface area contributed by atoms with Crippen molar-refractivity contribution < 1.29 is 4.79 Å². The van der Waals surface area contributed by atoms with Crippen LogP contribution in [0.5, 0.6) is 0 Å². The summed E-state index contributed by atoms with van der Waals surface area (Å²) in [4.78, 5) is 22.5. The number of carbonyl (C=O) groups excluding carboxylic acids is 1. The van der Waals surface area contributed by atoms with Gasteiger partial charge < -0.3 is 9.80 Å². The van der Waals surface area contributed by atoms with E-state index in [1.807, 2.05) is 54.6 Å². The Kier molecular flexibility index (Phi) is 4.86. The van der Waals surface area contributed by atoms with E-state index in [4.69, 9.17) is 0 Å². The number of hydrogen-bond donors (Lipinski definition) is 0. The number of carbonyl (C=O) groups is 1. The van der Waals surface area contributed by atoms with Crippen molar-refractivity contribution in [3.63, 3.8) is 0 Å². The maximum atomic E-state index is 12.8. The SMILES string of the molecule is CSc1ccc(C)c(C(=O)N2CCN(c3ccccn3)CC2)c1. The van der Waals surface area contributed by atoms with Crippen LogP contribution < -0.4 is 4.90 Å². The van der Waals surface area contributed by atoms with Crippen molar-refractivity contribution in [1.82, 2.24) is 9.88 Å². The molecule has 120 valence electrons. The van der Waals surface area contributed by atoms with Gasteiger partial charge in [-0.2, -0.15) is 0 Å². The lowest BCUT2D eigenvalue weighted by molar-refractivity contribution is 0.0745. The van der Waals surface area contributed by atoms with Gasteiger partial charge in [0.15, 0.2) is 0 Å². The van der Waals surface area contributed by atoms with Crippen molar-refractivity contribution in [2.24, 2.45) is 0 Å². The highest BCUT2D eigenvalue weighted by atomic mass is 32.2. The summed E-state index contributed by atoms with van der Waals surface area (Å²) in [6, 6.07) is 12.0. The van der Waals surface area contributed by atoms with Crippen LogP contribution in [-0.2, 0) is 0 Å². The van der Waals surface area contributed by atoms with E-state index in [0.29, 0.717) is 0 Å². The summed E-state index contributed by atoms with van der Waals surface area (Å²) in [5, 5.41) is 0. The van der Waals surface area contributed by atoms with E-state index in [1.54, 1.807) is 11.8 Å². The predicted octanol–water partition coefficient (Wildman–Crippen LogP) is 3.07. The Morgan fingerprint density at radius 3 is 2.57 bits per heavy atom. The number of hydrogen-bond acceptors (Lipinski definition) is 4. The van der Waals surface area contributed by atoms with Crippen LogP contribution in [0.4, 0.5) is 5.82 Å². The number of amides is 1. The minimum absolute atomic E-state index is 0.138. The van der Waals surface area contributed by atoms with Gasteiger partial charge in [0.05, 0.1) is 0 Å². The molecule has 0 spiro atoms. The molecule has 3 rings (SSSR count). The van der Waals surface area contributed by atoms with Gasteiger partial charge in [0.25, 0.3) is 5.91 Å². The van der Waals surface area contributed by atoms with Crippen LogP contribution in [0.2, 0.25) is 0 Å². The zero-order chi connectivity index (χ0) is 16.2. The molecule has 0 radical (unpaired) electrons. The van der Waals surface area contributed by atoms with Gasteiger partial charge in [0.2, 0.25) is 0 Å². The molecule has 1 aromatic carbocycles. The van der Waals surface area contributed by atoms with Crippen LogP contribution in [0.3, 0.4) is 0 Å². The molecule has 0 atom stereocenters. The summed E-state index contributed by atoms with van der Waals surface area (Å²) in [5.74, 6) is 1.12. The van der Waals surface area contributed by atoms with Crippen molar-refractivity contribution in [2.45, 2.75) is 11.8 Å². The van der Waals surface area contributed by atoms with Crippen LogP contribution in [-0.4, -0.2) is 48.2 Å². The predicted molar refractivity (Wildman–Crippen MR) is 95.3 cm³/mol. The molecule has 4 nitrogen and oxygen atoms in total. The maximum absolute atomic E-state index is 12.8. The number of anilines is 1. The quantitative estimate of drug-likeness (QED) is 0.812. The first-order valence-electron chi connectivity index (χ1n) is 7.79. The number of aryl methyl sites for hydroxylation is 1. The second kappa shape index (κ2) is 7.04. The minimum Gasteiger partial charge on any atom is -0.353 e. The zero-order valence-electron chi connectivity index (χ0n) is 13.5. The molecule has 23 heavy (non-hydrogen) atoms. The highest BCUT2D eigenvalue weighted by molar-refractivity contribution is 7.98. The number of rotatable bonds is 3. The molecular weight excluding hydrogens is 306 g/mol. The molecule has 1 amide bonds. The van der Waals surface area contributed by atoms with Crippen molar-refractivity contribution in [3.8, 4) is 0 Å². The molecule has 0 aliphatic carbocycles. The Morgan fingerprint density at radius 2 is 1.91 bits per heavy atom. The Bertz CT molecular complexity index is 682. The van der Waals surface area contributed by atoms with E-state index in [2.05, 4.69) is 16.0 Å². The molecule has 0 bridgehead atoms. The largest absolute Gasteiger partial charge is 0.353 e. The standard InChI is InChI=1S/C18H21N3OS/c1-14-6-7-15(23-2)13-16(14)18(22)21-11-9-20(10-12-21)17-5-3-4-8-19-17/h3-8,13H,9-12H2,1-2H3. The molecule has 0 unspecified atom stereocenters.